The highest BCUT2D eigenvalue weighted by molar-refractivity contribution is 6.25. The molecule has 0 bridgehead atoms. The molecule has 0 N–H and O–H groups in total. The summed E-state index contributed by atoms with van der Waals surface area (Å²) in [6.45, 7) is 4.85. The Balaban J connectivity index is 1.22. The van der Waals surface area contributed by atoms with Crippen molar-refractivity contribution in [3.8, 4) is 33.4 Å². The molecule has 1 aliphatic carbocycles. The second-order valence-corrected chi connectivity index (χ2v) is 13.2. The Morgan fingerprint density at radius 2 is 0.911 bits per heavy atom. The monoisotopic (exact) mass is 570 g/mol. The van der Waals surface area contributed by atoms with Gasteiger partial charge in [0.2, 0.25) is 0 Å². The van der Waals surface area contributed by atoms with Crippen molar-refractivity contribution in [2.75, 3.05) is 0 Å². The molecule has 0 saturated heterocycles. The first kappa shape index (κ1) is 24.9. The molecule has 1 aliphatic rings. The van der Waals surface area contributed by atoms with Gasteiger partial charge in [-0.25, -0.2) is 0 Å². The van der Waals surface area contributed by atoms with Crippen molar-refractivity contribution in [2.24, 2.45) is 0 Å². The van der Waals surface area contributed by atoms with Crippen molar-refractivity contribution in [3.05, 3.63) is 157 Å². The second-order valence-electron chi connectivity index (χ2n) is 13.2. The van der Waals surface area contributed by atoms with Gasteiger partial charge >= 0.3 is 0 Å². The van der Waals surface area contributed by atoms with Crippen LogP contribution < -0.4 is 0 Å². The van der Waals surface area contributed by atoms with Gasteiger partial charge in [0.05, 0.1) is 0 Å². The van der Waals surface area contributed by atoms with E-state index in [9.17, 15) is 0 Å². The lowest BCUT2D eigenvalue weighted by Crippen LogP contribution is -2.17. The number of benzene rings is 9. The molecule has 0 atom stereocenters. The van der Waals surface area contributed by atoms with E-state index in [-0.39, 0.29) is 5.41 Å². The third kappa shape index (κ3) is 3.27. The SMILES string of the molecule is CC1(C)c2c(-c3cccc(-c4ccc5ccc6cccc7ccc4c5c67)c3)cccc2-c2c1c1ccccc1c1ccccc21. The summed E-state index contributed by atoms with van der Waals surface area (Å²) in [7, 11) is 0. The number of fused-ring (bicyclic) bond motifs is 8. The van der Waals surface area contributed by atoms with Gasteiger partial charge in [0.15, 0.2) is 0 Å². The molecule has 0 unspecified atom stereocenters. The third-order valence-electron chi connectivity index (χ3n) is 10.5. The number of rotatable bonds is 2. The highest BCUT2D eigenvalue weighted by Gasteiger charge is 2.40. The van der Waals surface area contributed by atoms with Gasteiger partial charge in [-0.1, -0.05) is 153 Å². The fourth-order valence-electron chi connectivity index (χ4n) is 8.71. The van der Waals surface area contributed by atoms with Gasteiger partial charge in [-0.05, 0) is 104 Å². The van der Waals surface area contributed by atoms with Crippen LogP contribution in [0.15, 0.2) is 146 Å². The van der Waals surface area contributed by atoms with E-state index in [2.05, 4.69) is 159 Å². The Bertz CT molecular complexity index is 2650. The molecular weight excluding hydrogens is 540 g/mol. The zero-order chi connectivity index (χ0) is 29.9. The lowest BCUT2D eigenvalue weighted by atomic mass is 9.76. The molecule has 9 aromatic rings. The summed E-state index contributed by atoms with van der Waals surface area (Å²) >= 11 is 0. The Hall–Kier alpha value is -5.46. The van der Waals surface area contributed by atoms with E-state index in [0.29, 0.717) is 0 Å². The van der Waals surface area contributed by atoms with Crippen molar-refractivity contribution in [2.45, 2.75) is 19.3 Å². The summed E-state index contributed by atoms with van der Waals surface area (Å²) in [5, 5.41) is 13.3. The predicted octanol–water partition coefficient (Wildman–Crippen LogP) is 12.5. The van der Waals surface area contributed by atoms with E-state index >= 15 is 0 Å². The van der Waals surface area contributed by atoms with Gasteiger partial charge in [0, 0.05) is 5.41 Å². The highest BCUT2D eigenvalue weighted by Crippen LogP contribution is 2.57. The van der Waals surface area contributed by atoms with E-state index in [1.54, 1.807) is 0 Å². The smallest absolute Gasteiger partial charge is 0.0171 e. The van der Waals surface area contributed by atoms with Gasteiger partial charge < -0.3 is 0 Å². The first-order chi connectivity index (χ1) is 22.1. The van der Waals surface area contributed by atoms with Crippen LogP contribution in [-0.4, -0.2) is 0 Å². The van der Waals surface area contributed by atoms with Crippen LogP contribution >= 0.6 is 0 Å². The van der Waals surface area contributed by atoms with Crippen LogP contribution in [0.25, 0.3) is 87.2 Å². The van der Waals surface area contributed by atoms with Crippen molar-refractivity contribution in [3.63, 3.8) is 0 Å². The van der Waals surface area contributed by atoms with E-state index in [4.69, 9.17) is 0 Å². The first-order valence-electron chi connectivity index (χ1n) is 15.9. The van der Waals surface area contributed by atoms with Crippen molar-refractivity contribution in [1.29, 1.82) is 0 Å². The number of hydrogen-bond acceptors (Lipinski definition) is 0. The largest absolute Gasteiger partial charge is 0.0616 e. The lowest BCUT2D eigenvalue weighted by molar-refractivity contribution is 0.668. The van der Waals surface area contributed by atoms with Crippen molar-refractivity contribution < 1.29 is 0 Å². The van der Waals surface area contributed by atoms with Crippen LogP contribution in [0.3, 0.4) is 0 Å². The summed E-state index contributed by atoms with van der Waals surface area (Å²) in [4.78, 5) is 0. The topological polar surface area (TPSA) is 0 Å². The lowest BCUT2D eigenvalue weighted by Gasteiger charge is -2.26. The van der Waals surface area contributed by atoms with E-state index in [1.807, 2.05) is 0 Å². The zero-order valence-corrected chi connectivity index (χ0v) is 25.4. The summed E-state index contributed by atoms with van der Waals surface area (Å²) in [6, 6.07) is 54.5. The normalized spacial score (nSPS) is 13.7. The molecular formula is C45H30. The molecule has 0 amide bonds. The quantitative estimate of drug-likeness (QED) is 0.181. The molecule has 0 radical (unpaired) electrons. The number of hydrogen-bond donors (Lipinski definition) is 0. The second kappa shape index (κ2) is 8.80. The molecule has 0 heteroatoms. The molecule has 0 aromatic heterocycles. The standard InChI is InChI=1S/C45H30/c1-45(2)43-33(18-9-19-39(43)42-36-16-5-3-14-34(36)35-15-4-6-17-38(35)44(42)45)31-13-8-12-30(26-31)32-24-22-29-21-20-27-10-7-11-28-23-25-37(32)41(29)40(27)28/h3-26H,1-2H3. The first-order valence-corrected chi connectivity index (χ1v) is 15.9. The highest BCUT2D eigenvalue weighted by atomic mass is 14.4. The van der Waals surface area contributed by atoms with Crippen LogP contribution in [0.2, 0.25) is 0 Å². The molecule has 0 heterocycles. The van der Waals surface area contributed by atoms with E-state index in [1.165, 1.54) is 98.4 Å². The molecule has 10 rings (SSSR count). The van der Waals surface area contributed by atoms with E-state index < -0.39 is 0 Å². The maximum absolute atomic E-state index is 2.42. The molecule has 0 aliphatic heterocycles. The maximum Gasteiger partial charge on any atom is 0.0171 e. The summed E-state index contributed by atoms with van der Waals surface area (Å²) < 4.78 is 0. The van der Waals surface area contributed by atoms with Crippen LogP contribution in [-0.2, 0) is 5.41 Å². The molecule has 0 saturated carbocycles. The minimum absolute atomic E-state index is 0.159. The fraction of sp³-hybridized carbons (Fsp3) is 0.0667. The van der Waals surface area contributed by atoms with Gasteiger partial charge in [-0.2, -0.15) is 0 Å². The molecule has 0 fully saturated rings. The Labute approximate surface area is 262 Å². The van der Waals surface area contributed by atoms with Crippen molar-refractivity contribution in [1.82, 2.24) is 0 Å². The molecule has 9 aromatic carbocycles. The minimum Gasteiger partial charge on any atom is -0.0616 e. The third-order valence-corrected chi connectivity index (χ3v) is 10.5. The Morgan fingerprint density at radius 1 is 0.356 bits per heavy atom. The Morgan fingerprint density at radius 3 is 1.69 bits per heavy atom. The van der Waals surface area contributed by atoms with Crippen LogP contribution in [0.1, 0.15) is 25.0 Å². The van der Waals surface area contributed by atoms with Gasteiger partial charge in [0.25, 0.3) is 0 Å². The molecule has 0 spiro atoms. The van der Waals surface area contributed by atoms with Crippen LogP contribution in [0, 0.1) is 0 Å². The fourth-order valence-corrected chi connectivity index (χ4v) is 8.71. The van der Waals surface area contributed by atoms with Gasteiger partial charge in [-0.3, -0.25) is 0 Å². The Kier molecular flexibility index (Phi) is 4.88. The van der Waals surface area contributed by atoms with Crippen molar-refractivity contribution >= 4 is 53.9 Å². The molecule has 45 heavy (non-hydrogen) atoms. The molecule has 0 nitrogen and oxygen atoms in total. The minimum atomic E-state index is -0.159. The summed E-state index contributed by atoms with van der Waals surface area (Å²) in [5.41, 5.74) is 10.6. The average molecular weight is 571 g/mol. The molecule has 210 valence electrons. The predicted molar refractivity (Wildman–Crippen MR) is 194 cm³/mol. The van der Waals surface area contributed by atoms with Gasteiger partial charge in [0.1, 0.15) is 0 Å². The average Bonchev–Trinajstić information content (AvgIpc) is 3.34. The maximum atomic E-state index is 2.42. The summed E-state index contributed by atoms with van der Waals surface area (Å²) in [5.74, 6) is 0. The van der Waals surface area contributed by atoms with Crippen LogP contribution in [0.5, 0.6) is 0 Å². The van der Waals surface area contributed by atoms with Gasteiger partial charge in [-0.15, -0.1) is 0 Å². The summed E-state index contributed by atoms with van der Waals surface area (Å²) in [6.07, 6.45) is 0. The van der Waals surface area contributed by atoms with Crippen LogP contribution in [0.4, 0.5) is 0 Å². The zero-order valence-electron chi connectivity index (χ0n) is 25.4. The van der Waals surface area contributed by atoms with E-state index in [0.717, 1.165) is 0 Å².